The molecule has 0 aliphatic rings. The van der Waals surface area contributed by atoms with Gasteiger partial charge in [-0.05, 0) is 85.9 Å². The number of fused-ring (bicyclic) bond motifs is 2. The normalized spacial score (nSPS) is 12.7. The zero-order valence-corrected chi connectivity index (χ0v) is 32.6. The molecule has 15 nitrogen and oxygen atoms in total. The van der Waals surface area contributed by atoms with E-state index >= 15 is 0 Å². The number of nitriles is 2. The molecular formula is C41H51N9O6. The first kappa shape index (κ1) is 42.6. The van der Waals surface area contributed by atoms with E-state index in [9.17, 15) is 24.0 Å². The lowest BCUT2D eigenvalue weighted by atomic mass is 10.0. The molecular weight excluding hydrogens is 715 g/mol. The molecule has 0 aliphatic heterocycles. The Bertz CT molecular complexity index is 2100. The second kappa shape index (κ2) is 20.5. The molecule has 296 valence electrons. The van der Waals surface area contributed by atoms with Gasteiger partial charge in [0.25, 0.3) is 11.8 Å². The van der Waals surface area contributed by atoms with Crippen molar-refractivity contribution in [2.45, 2.75) is 78.6 Å². The van der Waals surface area contributed by atoms with Gasteiger partial charge in [0.2, 0.25) is 11.8 Å². The maximum absolute atomic E-state index is 13.2. The Hall–Kier alpha value is -6.19. The molecule has 56 heavy (non-hydrogen) atoms. The summed E-state index contributed by atoms with van der Waals surface area (Å²) in [5, 5.41) is 32.9. The van der Waals surface area contributed by atoms with Crippen LogP contribution in [0.2, 0.25) is 0 Å². The predicted octanol–water partition coefficient (Wildman–Crippen LogP) is 4.22. The van der Waals surface area contributed by atoms with Crippen LogP contribution in [0.4, 0.5) is 4.79 Å². The third kappa shape index (κ3) is 11.9. The van der Waals surface area contributed by atoms with Crippen molar-refractivity contribution in [3.8, 4) is 12.1 Å². The number of rotatable bonds is 19. The fourth-order valence-electron chi connectivity index (χ4n) is 6.25. The molecule has 0 spiro atoms. The number of hydrogen-bond acceptors (Lipinski definition) is 8. The number of aromatic nitrogens is 2. The molecule has 4 rings (SSSR count). The lowest BCUT2D eigenvalue weighted by Gasteiger charge is -2.19. The molecule has 0 saturated heterocycles. The van der Waals surface area contributed by atoms with E-state index in [1.165, 1.54) is 4.57 Å². The van der Waals surface area contributed by atoms with Crippen molar-refractivity contribution in [1.29, 1.82) is 10.5 Å². The zero-order valence-electron chi connectivity index (χ0n) is 32.6. The minimum atomic E-state index is -0.789. The highest BCUT2D eigenvalue weighted by Gasteiger charge is 2.24. The monoisotopic (exact) mass is 765 g/mol. The van der Waals surface area contributed by atoms with Crippen molar-refractivity contribution in [2.75, 3.05) is 26.3 Å². The number of nitrogens with one attached hydrogen (secondary N) is 5. The predicted molar refractivity (Wildman–Crippen MR) is 211 cm³/mol. The third-order valence-electron chi connectivity index (χ3n) is 9.09. The van der Waals surface area contributed by atoms with Crippen LogP contribution in [0.25, 0.3) is 21.8 Å². The topological polar surface area (TPSA) is 212 Å². The second-order valence-corrected chi connectivity index (χ2v) is 14.6. The van der Waals surface area contributed by atoms with Gasteiger partial charge in [0.05, 0.1) is 24.3 Å². The molecule has 0 radical (unpaired) electrons. The Balaban J connectivity index is 1.27. The van der Waals surface area contributed by atoms with Crippen LogP contribution >= 0.6 is 0 Å². The van der Waals surface area contributed by atoms with E-state index in [0.29, 0.717) is 61.1 Å². The number of amides is 5. The van der Waals surface area contributed by atoms with Gasteiger partial charge < -0.3 is 35.9 Å². The van der Waals surface area contributed by atoms with Crippen LogP contribution in [0, 0.1) is 34.5 Å². The molecule has 2 aromatic carbocycles. The van der Waals surface area contributed by atoms with Crippen LogP contribution in [0.1, 0.15) is 74.6 Å². The minimum Gasteiger partial charge on any atom is -0.380 e. The highest BCUT2D eigenvalue weighted by atomic mass is 16.5. The molecule has 0 aliphatic carbocycles. The number of hydrogen-bond donors (Lipinski definition) is 5. The molecule has 15 heteroatoms. The molecule has 2 aromatic heterocycles. The Morgan fingerprint density at radius 3 is 1.84 bits per heavy atom. The number of benzene rings is 2. The summed E-state index contributed by atoms with van der Waals surface area (Å²) < 4.78 is 9.38. The van der Waals surface area contributed by atoms with Gasteiger partial charge in [-0.2, -0.15) is 10.5 Å². The van der Waals surface area contributed by atoms with E-state index in [2.05, 4.69) is 26.6 Å². The maximum atomic E-state index is 13.2. The average molecular weight is 766 g/mol. The van der Waals surface area contributed by atoms with Gasteiger partial charge in [0.15, 0.2) is 0 Å². The summed E-state index contributed by atoms with van der Waals surface area (Å²) in [7, 11) is 0. The van der Waals surface area contributed by atoms with Gasteiger partial charge in [-0.3, -0.25) is 23.7 Å². The molecule has 0 fully saturated rings. The lowest BCUT2D eigenvalue weighted by molar-refractivity contribution is -0.123. The SMILES string of the molecule is CC(C)CC(NC(=O)c1ccc2c(ccn2C(=O)NC(C)CCOCCn2ccc3ccc(C(=O)NC(CC(C)C)C(=O)NCC#N)cc32)c1)C(=O)NCC#N. The largest absolute Gasteiger partial charge is 0.380 e. The van der Waals surface area contributed by atoms with Crippen LogP contribution in [0.3, 0.4) is 0 Å². The van der Waals surface area contributed by atoms with E-state index in [4.69, 9.17) is 15.3 Å². The summed E-state index contributed by atoms with van der Waals surface area (Å²) in [5.41, 5.74) is 2.21. The smallest absolute Gasteiger partial charge is 0.326 e. The first-order valence-corrected chi connectivity index (χ1v) is 18.8. The Morgan fingerprint density at radius 1 is 0.679 bits per heavy atom. The number of ether oxygens (including phenoxy) is 1. The van der Waals surface area contributed by atoms with Crippen LogP contribution in [0.15, 0.2) is 60.9 Å². The van der Waals surface area contributed by atoms with E-state index in [0.717, 1.165) is 10.9 Å². The van der Waals surface area contributed by atoms with E-state index < -0.39 is 29.8 Å². The Kier molecular flexibility index (Phi) is 15.6. The van der Waals surface area contributed by atoms with Crippen LogP contribution < -0.4 is 26.6 Å². The van der Waals surface area contributed by atoms with Crippen LogP contribution in [-0.2, 0) is 20.9 Å². The van der Waals surface area contributed by atoms with Crippen LogP contribution in [-0.4, -0.2) is 83.2 Å². The van der Waals surface area contributed by atoms with Gasteiger partial charge in [-0.15, -0.1) is 0 Å². The summed E-state index contributed by atoms with van der Waals surface area (Å²) in [4.78, 5) is 64.5. The first-order valence-electron chi connectivity index (χ1n) is 18.8. The number of carbonyl (C=O) groups excluding carboxylic acids is 5. The van der Waals surface area contributed by atoms with Crippen molar-refractivity contribution in [3.05, 3.63) is 72.1 Å². The van der Waals surface area contributed by atoms with Gasteiger partial charge in [0.1, 0.15) is 25.2 Å². The van der Waals surface area contributed by atoms with Gasteiger partial charge in [0, 0.05) is 53.6 Å². The van der Waals surface area contributed by atoms with Gasteiger partial charge in [-0.25, -0.2) is 4.79 Å². The number of carbonyl (C=O) groups is 5. The maximum Gasteiger partial charge on any atom is 0.326 e. The standard InChI is InChI=1S/C41H51N9O6/c1-26(2)22-33(39(53)44-15-13-42)47-37(51)31-8-9-35-30(24-31)11-18-50(35)41(55)46-28(5)12-20-56-21-19-49-17-10-29-6-7-32(25-36(29)49)38(52)48-34(23-27(3)4)40(54)45-16-14-43/h6-11,17-18,24-28,33-34H,12,15-16,19-23H2,1-5H3,(H,44,53)(H,45,54)(H,46,55)(H,47,51)(H,48,52). The van der Waals surface area contributed by atoms with Crippen molar-refractivity contribution in [2.24, 2.45) is 11.8 Å². The van der Waals surface area contributed by atoms with E-state index in [-0.39, 0.29) is 42.9 Å². The summed E-state index contributed by atoms with van der Waals surface area (Å²) >= 11 is 0. The molecule has 5 N–H and O–H groups in total. The summed E-state index contributed by atoms with van der Waals surface area (Å²) in [5.74, 6) is -1.33. The van der Waals surface area contributed by atoms with Crippen molar-refractivity contribution in [3.63, 3.8) is 0 Å². The lowest BCUT2D eigenvalue weighted by Crippen LogP contribution is -2.47. The summed E-state index contributed by atoms with van der Waals surface area (Å²) in [6.07, 6.45) is 4.96. The minimum absolute atomic E-state index is 0.133. The van der Waals surface area contributed by atoms with E-state index in [1.54, 1.807) is 42.6 Å². The molecule has 0 saturated carbocycles. The van der Waals surface area contributed by atoms with Crippen molar-refractivity contribution in [1.82, 2.24) is 35.7 Å². The fraction of sp³-hybridized carbons (Fsp3) is 0.439. The average Bonchev–Trinajstić information content (AvgIpc) is 3.78. The first-order chi connectivity index (χ1) is 26.8. The van der Waals surface area contributed by atoms with Gasteiger partial charge >= 0.3 is 6.03 Å². The highest BCUT2D eigenvalue weighted by Crippen LogP contribution is 2.20. The molecule has 5 amide bonds. The highest BCUT2D eigenvalue weighted by molar-refractivity contribution is 6.02. The number of nitrogens with zero attached hydrogens (tertiary/aromatic N) is 4. The fourth-order valence-corrected chi connectivity index (χ4v) is 6.25. The van der Waals surface area contributed by atoms with E-state index in [1.807, 2.05) is 69.7 Å². The Morgan fingerprint density at radius 2 is 1.25 bits per heavy atom. The molecule has 0 bridgehead atoms. The summed E-state index contributed by atoms with van der Waals surface area (Å²) in [6.45, 7) is 10.7. The third-order valence-corrected chi connectivity index (χ3v) is 9.09. The van der Waals surface area contributed by atoms with Crippen molar-refractivity contribution < 1.29 is 28.7 Å². The molecule has 3 atom stereocenters. The van der Waals surface area contributed by atoms with Crippen LogP contribution in [0.5, 0.6) is 0 Å². The Labute approximate surface area is 326 Å². The molecule has 3 unspecified atom stereocenters. The summed E-state index contributed by atoms with van der Waals surface area (Å²) in [6, 6.07) is 15.7. The van der Waals surface area contributed by atoms with Crippen molar-refractivity contribution >= 4 is 51.5 Å². The zero-order chi connectivity index (χ0) is 40.8. The van der Waals surface area contributed by atoms with Gasteiger partial charge in [-0.1, -0.05) is 33.8 Å². The molecule has 2 heterocycles. The second-order valence-electron chi connectivity index (χ2n) is 14.6. The quantitative estimate of drug-likeness (QED) is 0.0687. The molecule has 4 aromatic rings.